The highest BCUT2D eigenvalue weighted by Gasteiger charge is 2.24. The van der Waals surface area contributed by atoms with Gasteiger partial charge in [0.2, 0.25) is 0 Å². The normalized spacial score (nSPS) is 18.2. The standard InChI is InChI=1S/C25H24F3N3OS/c1-14-4-3-5-15(10-14)17-8-9-29-13-22(17)31-25(32)21-7-6-18(26)24(30-21)23-19(27)11-16(33-2)12-20(23)28/h6-9,11-15H,3-5,10H2,1-2H3,(H,31,32). The molecule has 8 heteroatoms. The van der Waals surface area contributed by atoms with Crippen LogP contribution in [0.3, 0.4) is 0 Å². The summed E-state index contributed by atoms with van der Waals surface area (Å²) in [6, 6.07) is 6.32. The van der Waals surface area contributed by atoms with Gasteiger partial charge in [0.05, 0.1) is 17.4 Å². The lowest BCUT2D eigenvalue weighted by molar-refractivity contribution is 0.102. The zero-order chi connectivity index (χ0) is 23.5. The van der Waals surface area contributed by atoms with E-state index >= 15 is 0 Å². The van der Waals surface area contributed by atoms with Crippen LogP contribution in [0.15, 0.2) is 47.6 Å². The summed E-state index contributed by atoms with van der Waals surface area (Å²) in [6.45, 7) is 2.22. The van der Waals surface area contributed by atoms with Gasteiger partial charge in [-0.05, 0) is 66.8 Å². The van der Waals surface area contributed by atoms with Gasteiger partial charge in [0.25, 0.3) is 5.91 Å². The number of anilines is 1. The Morgan fingerprint density at radius 2 is 1.85 bits per heavy atom. The second-order valence-corrected chi connectivity index (χ2v) is 9.26. The maximum atomic E-state index is 14.6. The van der Waals surface area contributed by atoms with Gasteiger partial charge in [-0.15, -0.1) is 11.8 Å². The van der Waals surface area contributed by atoms with Crippen LogP contribution in [0.5, 0.6) is 0 Å². The molecule has 1 fully saturated rings. The van der Waals surface area contributed by atoms with Gasteiger partial charge in [0.1, 0.15) is 28.8 Å². The average Bonchev–Trinajstić information content (AvgIpc) is 2.80. The summed E-state index contributed by atoms with van der Waals surface area (Å²) in [4.78, 5) is 21.4. The van der Waals surface area contributed by atoms with Crippen molar-refractivity contribution < 1.29 is 18.0 Å². The number of amides is 1. The first-order valence-corrected chi connectivity index (χ1v) is 12.0. The van der Waals surface area contributed by atoms with E-state index in [2.05, 4.69) is 22.2 Å². The molecule has 33 heavy (non-hydrogen) atoms. The summed E-state index contributed by atoms with van der Waals surface area (Å²) in [7, 11) is 0. The van der Waals surface area contributed by atoms with E-state index in [9.17, 15) is 18.0 Å². The maximum absolute atomic E-state index is 14.6. The van der Waals surface area contributed by atoms with E-state index in [0.29, 0.717) is 22.4 Å². The highest BCUT2D eigenvalue weighted by atomic mass is 32.2. The second-order valence-electron chi connectivity index (χ2n) is 8.38. The maximum Gasteiger partial charge on any atom is 0.274 e. The molecule has 1 aromatic carbocycles. The van der Waals surface area contributed by atoms with E-state index in [0.717, 1.165) is 54.8 Å². The van der Waals surface area contributed by atoms with E-state index in [1.54, 1.807) is 18.6 Å². The number of hydrogen-bond acceptors (Lipinski definition) is 4. The van der Waals surface area contributed by atoms with Crippen molar-refractivity contribution in [3.8, 4) is 11.3 Å². The first kappa shape index (κ1) is 23.3. The van der Waals surface area contributed by atoms with Crippen molar-refractivity contribution in [3.05, 3.63) is 71.4 Å². The number of carbonyl (C=O) groups is 1. The van der Waals surface area contributed by atoms with E-state index < -0.39 is 34.6 Å². The number of hydrogen-bond donors (Lipinski definition) is 1. The van der Waals surface area contributed by atoms with Crippen molar-refractivity contribution in [1.29, 1.82) is 0 Å². The fourth-order valence-electron chi connectivity index (χ4n) is 4.41. The lowest BCUT2D eigenvalue weighted by atomic mass is 9.78. The number of pyridine rings is 2. The lowest BCUT2D eigenvalue weighted by Gasteiger charge is -2.28. The molecule has 0 aliphatic heterocycles. The third-order valence-corrected chi connectivity index (χ3v) is 6.75. The zero-order valence-corrected chi connectivity index (χ0v) is 19.2. The molecule has 0 saturated heterocycles. The SMILES string of the molecule is CSc1cc(F)c(-c2nc(C(=O)Nc3cnccc3C3CCCC(C)C3)ccc2F)c(F)c1. The van der Waals surface area contributed by atoms with Crippen molar-refractivity contribution in [2.75, 3.05) is 11.6 Å². The Morgan fingerprint density at radius 3 is 2.55 bits per heavy atom. The molecule has 4 nitrogen and oxygen atoms in total. The van der Waals surface area contributed by atoms with Gasteiger partial charge in [-0.2, -0.15) is 0 Å². The summed E-state index contributed by atoms with van der Waals surface area (Å²) in [5.74, 6) is -2.49. The van der Waals surface area contributed by atoms with Gasteiger partial charge in [-0.1, -0.05) is 19.8 Å². The lowest BCUT2D eigenvalue weighted by Crippen LogP contribution is -2.18. The third-order valence-electron chi connectivity index (χ3n) is 6.05. The predicted octanol–water partition coefficient (Wildman–Crippen LogP) is 6.83. The Balaban J connectivity index is 1.64. The largest absolute Gasteiger partial charge is 0.319 e. The van der Waals surface area contributed by atoms with Crippen molar-refractivity contribution in [3.63, 3.8) is 0 Å². The number of carbonyl (C=O) groups excluding carboxylic acids is 1. The molecule has 1 N–H and O–H groups in total. The van der Waals surface area contributed by atoms with Crippen LogP contribution in [0.4, 0.5) is 18.9 Å². The molecule has 2 unspecified atom stereocenters. The molecule has 172 valence electrons. The summed E-state index contributed by atoms with van der Waals surface area (Å²) >= 11 is 1.16. The van der Waals surface area contributed by atoms with Crippen LogP contribution in [-0.2, 0) is 0 Å². The minimum atomic E-state index is -0.940. The number of nitrogens with zero attached hydrogens (tertiary/aromatic N) is 2. The highest BCUT2D eigenvalue weighted by Crippen LogP contribution is 2.38. The Kier molecular flexibility index (Phi) is 7.02. The fourth-order valence-corrected chi connectivity index (χ4v) is 4.85. The van der Waals surface area contributed by atoms with Crippen LogP contribution in [0.2, 0.25) is 0 Å². The molecule has 1 amide bonds. The molecule has 1 aliphatic carbocycles. The van der Waals surface area contributed by atoms with Gasteiger partial charge in [-0.25, -0.2) is 18.2 Å². The summed E-state index contributed by atoms with van der Waals surface area (Å²) in [6.07, 6.45) is 9.32. The van der Waals surface area contributed by atoms with E-state index in [1.165, 1.54) is 12.5 Å². The van der Waals surface area contributed by atoms with Gasteiger partial charge < -0.3 is 5.32 Å². The number of aromatic nitrogens is 2. The topological polar surface area (TPSA) is 54.9 Å². The molecule has 4 rings (SSSR count). The van der Waals surface area contributed by atoms with Gasteiger partial charge in [0, 0.05) is 11.1 Å². The zero-order valence-electron chi connectivity index (χ0n) is 18.4. The van der Waals surface area contributed by atoms with Crippen molar-refractivity contribution in [2.45, 2.75) is 43.4 Å². The molecule has 2 heterocycles. The molecule has 3 aromatic rings. The molecule has 2 aromatic heterocycles. The quantitative estimate of drug-likeness (QED) is 0.415. The van der Waals surface area contributed by atoms with E-state index in [-0.39, 0.29) is 5.69 Å². The first-order valence-electron chi connectivity index (χ1n) is 10.8. The molecule has 1 aliphatic rings. The Morgan fingerprint density at radius 1 is 1.09 bits per heavy atom. The predicted molar refractivity (Wildman–Crippen MR) is 124 cm³/mol. The van der Waals surface area contributed by atoms with Crippen molar-refractivity contribution >= 4 is 23.4 Å². The van der Waals surface area contributed by atoms with Crippen molar-refractivity contribution in [1.82, 2.24) is 9.97 Å². The second kappa shape index (κ2) is 9.95. The van der Waals surface area contributed by atoms with Crippen LogP contribution in [0.25, 0.3) is 11.3 Å². The number of thioether (sulfide) groups is 1. The van der Waals surface area contributed by atoms with E-state index in [1.807, 2.05) is 6.07 Å². The number of rotatable bonds is 5. The van der Waals surface area contributed by atoms with Crippen LogP contribution in [0.1, 0.15) is 54.6 Å². The molecule has 0 bridgehead atoms. The Bertz CT molecular complexity index is 1160. The summed E-state index contributed by atoms with van der Waals surface area (Å²) in [5, 5.41) is 2.81. The smallest absolute Gasteiger partial charge is 0.274 e. The molecular weight excluding hydrogens is 447 g/mol. The monoisotopic (exact) mass is 471 g/mol. The summed E-state index contributed by atoms with van der Waals surface area (Å²) < 4.78 is 43.6. The fraction of sp³-hybridized carbons (Fsp3) is 0.320. The minimum Gasteiger partial charge on any atom is -0.319 e. The Hall–Kier alpha value is -2.87. The van der Waals surface area contributed by atoms with E-state index in [4.69, 9.17) is 0 Å². The average molecular weight is 472 g/mol. The number of halogens is 3. The molecule has 0 radical (unpaired) electrons. The molecule has 1 saturated carbocycles. The number of nitrogens with one attached hydrogen (secondary N) is 1. The van der Waals surface area contributed by atoms with Crippen LogP contribution >= 0.6 is 11.8 Å². The van der Waals surface area contributed by atoms with Crippen LogP contribution in [0, 0.1) is 23.4 Å². The molecular formula is C25H24F3N3OS. The van der Waals surface area contributed by atoms with Crippen molar-refractivity contribution in [2.24, 2.45) is 5.92 Å². The number of benzene rings is 1. The Labute approximate surface area is 195 Å². The van der Waals surface area contributed by atoms with Gasteiger partial charge in [-0.3, -0.25) is 9.78 Å². The highest BCUT2D eigenvalue weighted by molar-refractivity contribution is 7.98. The van der Waals surface area contributed by atoms with Crippen LogP contribution < -0.4 is 5.32 Å². The summed E-state index contributed by atoms with van der Waals surface area (Å²) in [5.41, 5.74) is 0.273. The minimum absolute atomic E-state index is 0.147. The van der Waals surface area contributed by atoms with Crippen LogP contribution in [-0.4, -0.2) is 22.1 Å². The van der Waals surface area contributed by atoms with Gasteiger partial charge in [0.15, 0.2) is 0 Å². The first-order chi connectivity index (χ1) is 15.9. The molecule has 2 atom stereocenters. The van der Waals surface area contributed by atoms with Gasteiger partial charge >= 0.3 is 0 Å². The molecule has 0 spiro atoms. The third kappa shape index (κ3) is 5.05.